The van der Waals surface area contributed by atoms with Gasteiger partial charge in [-0.25, -0.2) is 0 Å². The van der Waals surface area contributed by atoms with E-state index in [9.17, 15) is 4.79 Å². The third-order valence-corrected chi connectivity index (χ3v) is 5.67. The van der Waals surface area contributed by atoms with E-state index in [-0.39, 0.29) is 11.4 Å². The number of hydrogen-bond donors (Lipinski definition) is 1. The zero-order chi connectivity index (χ0) is 15.5. The van der Waals surface area contributed by atoms with Crippen molar-refractivity contribution in [3.05, 3.63) is 32.7 Å². The van der Waals surface area contributed by atoms with Gasteiger partial charge in [0, 0.05) is 21.0 Å². The quantitative estimate of drug-likeness (QED) is 0.795. The summed E-state index contributed by atoms with van der Waals surface area (Å²) in [5.74, 6) is -0.0185. The Kier molecular flexibility index (Phi) is 5.86. The fraction of sp³-hybridized carbons (Fsp3) is 0.562. The second-order valence-electron chi connectivity index (χ2n) is 5.99. The highest BCUT2D eigenvalue weighted by molar-refractivity contribution is 9.11. The topological polar surface area (TPSA) is 32.3 Å². The normalized spacial score (nSPS) is 17.8. The highest BCUT2D eigenvalue weighted by Gasteiger charge is 2.34. The number of nitrogens with zero attached hydrogens (tertiary/aromatic N) is 1. The molecular weight excluding hydrogens is 396 g/mol. The van der Waals surface area contributed by atoms with Gasteiger partial charge in [0.05, 0.1) is 5.56 Å². The Labute approximate surface area is 143 Å². The molecule has 0 atom stereocenters. The van der Waals surface area contributed by atoms with Crippen molar-refractivity contribution in [2.75, 3.05) is 20.6 Å². The van der Waals surface area contributed by atoms with Crippen LogP contribution in [0.2, 0.25) is 0 Å². The van der Waals surface area contributed by atoms with Crippen LogP contribution in [0, 0.1) is 0 Å². The van der Waals surface area contributed by atoms with Crippen molar-refractivity contribution in [3.8, 4) is 0 Å². The molecule has 1 aromatic rings. The number of rotatable bonds is 4. The fourth-order valence-corrected chi connectivity index (χ4v) is 3.79. The Hall–Kier alpha value is -0.390. The number of amides is 1. The number of nitrogens with one attached hydrogen (secondary N) is 1. The maximum absolute atomic E-state index is 12.4. The molecule has 1 fully saturated rings. The van der Waals surface area contributed by atoms with Crippen LogP contribution in [0.5, 0.6) is 0 Å². The van der Waals surface area contributed by atoms with Crippen LogP contribution >= 0.6 is 31.9 Å². The first-order chi connectivity index (χ1) is 9.94. The number of likely N-dealkylation sites (N-methyl/N-ethyl adjacent to an activating group) is 1. The van der Waals surface area contributed by atoms with Gasteiger partial charge in [-0.3, -0.25) is 4.79 Å². The van der Waals surface area contributed by atoms with E-state index in [4.69, 9.17) is 0 Å². The molecule has 1 saturated carbocycles. The minimum atomic E-state index is -0.0185. The third kappa shape index (κ3) is 4.08. The van der Waals surface area contributed by atoms with E-state index in [1.54, 1.807) is 0 Å². The number of carbonyl (C=O) groups excluding carboxylic acids is 1. The number of benzene rings is 1. The summed E-state index contributed by atoms with van der Waals surface area (Å²) in [5, 5.41) is 3.13. The van der Waals surface area contributed by atoms with Crippen molar-refractivity contribution < 1.29 is 4.79 Å². The minimum Gasteiger partial charge on any atom is -0.350 e. The van der Waals surface area contributed by atoms with Gasteiger partial charge < -0.3 is 10.2 Å². The molecule has 0 bridgehead atoms. The largest absolute Gasteiger partial charge is 0.350 e. The molecule has 21 heavy (non-hydrogen) atoms. The number of halogens is 2. The summed E-state index contributed by atoms with van der Waals surface area (Å²) in [4.78, 5) is 14.7. The van der Waals surface area contributed by atoms with Crippen LogP contribution in [0.25, 0.3) is 0 Å². The van der Waals surface area contributed by atoms with Crippen molar-refractivity contribution in [1.29, 1.82) is 0 Å². The van der Waals surface area contributed by atoms with Gasteiger partial charge in [0.15, 0.2) is 0 Å². The summed E-state index contributed by atoms with van der Waals surface area (Å²) in [6.07, 6.45) is 6.10. The van der Waals surface area contributed by atoms with Crippen molar-refractivity contribution >= 4 is 37.8 Å². The van der Waals surface area contributed by atoms with Crippen LogP contribution in [0.3, 0.4) is 0 Å². The maximum Gasteiger partial charge on any atom is 0.252 e. The zero-order valence-electron chi connectivity index (χ0n) is 12.6. The third-order valence-electron chi connectivity index (χ3n) is 4.48. The lowest BCUT2D eigenvalue weighted by atomic mass is 9.80. The molecule has 0 aromatic heterocycles. The van der Waals surface area contributed by atoms with Crippen LogP contribution < -0.4 is 5.32 Å². The van der Waals surface area contributed by atoms with Crippen molar-refractivity contribution in [1.82, 2.24) is 10.2 Å². The molecule has 0 saturated heterocycles. The predicted molar refractivity (Wildman–Crippen MR) is 93.7 cm³/mol. The molecule has 116 valence electrons. The Bertz CT molecular complexity index is 511. The average molecular weight is 418 g/mol. The lowest BCUT2D eigenvalue weighted by Gasteiger charge is -2.43. The van der Waals surface area contributed by atoms with Crippen LogP contribution in [-0.4, -0.2) is 37.0 Å². The van der Waals surface area contributed by atoms with Gasteiger partial charge in [0.25, 0.3) is 5.91 Å². The molecule has 1 aliphatic rings. The lowest BCUT2D eigenvalue weighted by molar-refractivity contribution is 0.0799. The van der Waals surface area contributed by atoms with E-state index in [2.05, 4.69) is 56.2 Å². The van der Waals surface area contributed by atoms with E-state index in [0.717, 1.165) is 21.8 Å². The molecule has 0 radical (unpaired) electrons. The standard InChI is InChI=1S/C16H22Br2N2O/c1-20(2)16(8-4-3-5-9-16)11-19-15(21)13-10-12(17)6-7-14(13)18/h6-7,10H,3-5,8-9,11H2,1-2H3,(H,19,21). The Morgan fingerprint density at radius 3 is 2.52 bits per heavy atom. The summed E-state index contributed by atoms with van der Waals surface area (Å²) in [6.45, 7) is 0.706. The van der Waals surface area contributed by atoms with Gasteiger partial charge in [-0.15, -0.1) is 0 Å². The Morgan fingerprint density at radius 2 is 1.90 bits per heavy atom. The molecule has 0 heterocycles. The van der Waals surface area contributed by atoms with Gasteiger partial charge >= 0.3 is 0 Å². The van der Waals surface area contributed by atoms with E-state index >= 15 is 0 Å². The lowest BCUT2D eigenvalue weighted by Crippen LogP contribution is -2.53. The molecule has 1 N–H and O–H groups in total. The van der Waals surface area contributed by atoms with Crippen molar-refractivity contribution in [3.63, 3.8) is 0 Å². The van der Waals surface area contributed by atoms with Gasteiger partial charge in [0.2, 0.25) is 0 Å². The van der Waals surface area contributed by atoms with E-state index in [1.807, 2.05) is 18.2 Å². The molecule has 1 amide bonds. The summed E-state index contributed by atoms with van der Waals surface area (Å²) in [5.41, 5.74) is 0.779. The van der Waals surface area contributed by atoms with E-state index in [0.29, 0.717) is 12.1 Å². The number of hydrogen-bond acceptors (Lipinski definition) is 2. The zero-order valence-corrected chi connectivity index (χ0v) is 15.8. The summed E-state index contributed by atoms with van der Waals surface area (Å²) < 4.78 is 1.74. The molecule has 0 spiro atoms. The molecular formula is C16H22Br2N2O. The Morgan fingerprint density at radius 1 is 1.24 bits per heavy atom. The molecule has 0 aliphatic heterocycles. The van der Waals surface area contributed by atoms with E-state index in [1.165, 1.54) is 19.3 Å². The van der Waals surface area contributed by atoms with Crippen molar-refractivity contribution in [2.24, 2.45) is 0 Å². The summed E-state index contributed by atoms with van der Waals surface area (Å²) in [6, 6.07) is 5.66. The first-order valence-electron chi connectivity index (χ1n) is 7.35. The molecule has 5 heteroatoms. The first kappa shape index (κ1) is 17.0. The van der Waals surface area contributed by atoms with Gasteiger partial charge in [-0.05, 0) is 61.1 Å². The Balaban J connectivity index is 2.07. The summed E-state index contributed by atoms with van der Waals surface area (Å²) in [7, 11) is 4.24. The molecule has 1 aliphatic carbocycles. The SMILES string of the molecule is CN(C)C1(CNC(=O)c2cc(Br)ccc2Br)CCCCC1. The number of carbonyl (C=O) groups is 1. The molecule has 1 aromatic carbocycles. The fourth-order valence-electron chi connectivity index (χ4n) is 3.00. The monoisotopic (exact) mass is 416 g/mol. The predicted octanol–water partition coefficient (Wildman–Crippen LogP) is 4.21. The highest BCUT2D eigenvalue weighted by Crippen LogP contribution is 2.31. The molecule has 3 nitrogen and oxygen atoms in total. The second kappa shape index (κ2) is 7.25. The summed E-state index contributed by atoms with van der Waals surface area (Å²) >= 11 is 6.86. The smallest absolute Gasteiger partial charge is 0.252 e. The van der Waals surface area contributed by atoms with Gasteiger partial charge in [0.1, 0.15) is 0 Å². The second-order valence-corrected chi connectivity index (χ2v) is 7.76. The maximum atomic E-state index is 12.4. The minimum absolute atomic E-state index is 0.0185. The van der Waals surface area contributed by atoms with Gasteiger partial charge in [-0.2, -0.15) is 0 Å². The molecule has 2 rings (SSSR count). The molecule has 0 unspecified atom stereocenters. The van der Waals surface area contributed by atoms with Crippen molar-refractivity contribution in [2.45, 2.75) is 37.6 Å². The van der Waals surface area contributed by atoms with Crippen LogP contribution in [0.4, 0.5) is 0 Å². The van der Waals surface area contributed by atoms with Crippen LogP contribution in [0.1, 0.15) is 42.5 Å². The van der Waals surface area contributed by atoms with E-state index < -0.39 is 0 Å². The highest BCUT2D eigenvalue weighted by atomic mass is 79.9. The average Bonchev–Trinajstić information content (AvgIpc) is 2.48. The van der Waals surface area contributed by atoms with Gasteiger partial charge in [-0.1, -0.05) is 35.2 Å². The van der Waals surface area contributed by atoms with Crippen LogP contribution in [0.15, 0.2) is 27.1 Å². The van der Waals surface area contributed by atoms with Crippen LogP contribution in [-0.2, 0) is 0 Å². The first-order valence-corrected chi connectivity index (χ1v) is 8.94.